The molecule has 0 amide bonds. The number of piperazine rings is 1. The number of likely N-dealkylation sites (N-methyl/N-ethyl adjacent to an activating group) is 1. The van der Waals surface area contributed by atoms with E-state index >= 15 is 0 Å². The van der Waals surface area contributed by atoms with Crippen LogP contribution in [0.25, 0.3) is 11.3 Å². The number of nitrogens with one attached hydrogen (secondary N) is 1. The molecule has 0 saturated carbocycles. The minimum absolute atomic E-state index is 0.847. The smallest absolute Gasteiger partial charge is 0.227 e. The minimum atomic E-state index is 0.847. The lowest BCUT2D eigenvalue weighted by atomic mass is 10.1. The summed E-state index contributed by atoms with van der Waals surface area (Å²) in [6.45, 7) is 10.7. The second-order valence-corrected chi connectivity index (χ2v) is 6.86. The maximum absolute atomic E-state index is 4.88. The first-order chi connectivity index (χ1) is 12.8. The lowest BCUT2D eigenvalue weighted by Crippen LogP contribution is -2.46. The fourth-order valence-electron chi connectivity index (χ4n) is 3.28. The molecule has 1 N–H and O–H groups in total. The van der Waals surface area contributed by atoms with Crippen LogP contribution in [0.2, 0.25) is 0 Å². The number of anilines is 2. The van der Waals surface area contributed by atoms with Gasteiger partial charge in [-0.15, -0.1) is 0 Å². The first-order valence-corrected chi connectivity index (χ1v) is 9.95. The maximum atomic E-state index is 4.88. The van der Waals surface area contributed by atoms with Crippen LogP contribution in [0.1, 0.15) is 33.1 Å². The normalized spacial score (nSPS) is 15.2. The fourth-order valence-corrected chi connectivity index (χ4v) is 3.28. The van der Waals surface area contributed by atoms with Crippen molar-refractivity contribution in [1.29, 1.82) is 0 Å². The Bertz CT molecular complexity index is 665. The Morgan fingerprint density at radius 2 is 1.73 bits per heavy atom. The average Bonchev–Trinajstić information content (AvgIpc) is 2.72. The van der Waals surface area contributed by atoms with E-state index in [9.17, 15) is 0 Å². The van der Waals surface area contributed by atoms with Crippen LogP contribution in [0, 0.1) is 0 Å². The molecule has 0 radical (unpaired) electrons. The van der Waals surface area contributed by atoms with Gasteiger partial charge in [0.1, 0.15) is 5.82 Å². The lowest BCUT2D eigenvalue weighted by molar-refractivity contribution is 0.270. The number of benzene rings is 1. The van der Waals surface area contributed by atoms with Gasteiger partial charge in [-0.25, -0.2) is 4.98 Å². The molecule has 140 valence electrons. The lowest BCUT2D eigenvalue weighted by Gasteiger charge is -2.34. The highest BCUT2D eigenvalue weighted by atomic mass is 15.3. The summed E-state index contributed by atoms with van der Waals surface area (Å²) in [7, 11) is 0. The third-order valence-corrected chi connectivity index (χ3v) is 4.97. The summed E-state index contributed by atoms with van der Waals surface area (Å²) in [5.74, 6) is 1.78. The van der Waals surface area contributed by atoms with Crippen LogP contribution in [-0.2, 0) is 0 Å². The number of hydrogen-bond acceptors (Lipinski definition) is 5. The highest BCUT2D eigenvalue weighted by molar-refractivity contribution is 5.64. The Morgan fingerprint density at radius 1 is 0.962 bits per heavy atom. The van der Waals surface area contributed by atoms with Crippen LogP contribution >= 0.6 is 0 Å². The van der Waals surface area contributed by atoms with Crippen molar-refractivity contribution in [2.75, 3.05) is 49.5 Å². The van der Waals surface area contributed by atoms with Gasteiger partial charge < -0.3 is 15.1 Å². The number of aromatic nitrogens is 2. The van der Waals surface area contributed by atoms with Crippen molar-refractivity contribution in [1.82, 2.24) is 14.9 Å². The molecule has 2 aromatic rings. The van der Waals surface area contributed by atoms with E-state index in [4.69, 9.17) is 9.97 Å². The van der Waals surface area contributed by atoms with E-state index in [-0.39, 0.29) is 0 Å². The molecular weight excluding hydrogens is 322 g/mol. The Balaban J connectivity index is 1.80. The number of hydrogen-bond donors (Lipinski definition) is 1. The molecule has 0 bridgehead atoms. The molecule has 1 fully saturated rings. The van der Waals surface area contributed by atoms with Crippen molar-refractivity contribution in [3.8, 4) is 11.3 Å². The van der Waals surface area contributed by atoms with Crippen molar-refractivity contribution in [3.63, 3.8) is 0 Å². The summed E-state index contributed by atoms with van der Waals surface area (Å²) in [5.41, 5.74) is 2.13. The summed E-state index contributed by atoms with van der Waals surface area (Å²) in [6.07, 6.45) is 3.65. The highest BCUT2D eigenvalue weighted by Gasteiger charge is 2.19. The first-order valence-electron chi connectivity index (χ1n) is 9.95. The molecule has 3 rings (SSSR count). The molecule has 5 nitrogen and oxygen atoms in total. The zero-order chi connectivity index (χ0) is 18.2. The van der Waals surface area contributed by atoms with Gasteiger partial charge in [-0.2, -0.15) is 4.98 Å². The molecule has 1 saturated heterocycles. The molecule has 2 heterocycles. The summed E-state index contributed by atoms with van der Waals surface area (Å²) in [5, 5.41) is 3.50. The van der Waals surface area contributed by atoms with Crippen molar-refractivity contribution < 1.29 is 0 Å². The predicted octanol–water partition coefficient (Wildman–Crippen LogP) is 3.89. The van der Waals surface area contributed by atoms with Gasteiger partial charge in [-0.05, 0) is 13.0 Å². The van der Waals surface area contributed by atoms with E-state index in [1.54, 1.807) is 0 Å². The van der Waals surface area contributed by atoms with Gasteiger partial charge in [0.05, 0.1) is 5.69 Å². The van der Waals surface area contributed by atoms with E-state index in [0.29, 0.717) is 0 Å². The average molecular weight is 354 g/mol. The topological polar surface area (TPSA) is 44.3 Å². The monoisotopic (exact) mass is 353 g/mol. The molecule has 1 aromatic heterocycles. The number of nitrogens with zero attached hydrogens (tertiary/aromatic N) is 4. The van der Waals surface area contributed by atoms with Gasteiger partial charge in [0.25, 0.3) is 0 Å². The van der Waals surface area contributed by atoms with Crippen LogP contribution in [-0.4, -0.2) is 54.1 Å². The first kappa shape index (κ1) is 18.6. The summed E-state index contributed by atoms with van der Waals surface area (Å²) >= 11 is 0. The van der Waals surface area contributed by atoms with Crippen molar-refractivity contribution >= 4 is 11.8 Å². The largest absolute Gasteiger partial charge is 0.370 e. The van der Waals surface area contributed by atoms with Crippen LogP contribution in [0.15, 0.2) is 36.4 Å². The number of unbranched alkanes of at least 4 members (excludes halogenated alkanes) is 2. The minimum Gasteiger partial charge on any atom is -0.370 e. The van der Waals surface area contributed by atoms with E-state index < -0.39 is 0 Å². The predicted molar refractivity (Wildman–Crippen MR) is 110 cm³/mol. The van der Waals surface area contributed by atoms with Gasteiger partial charge in [-0.1, -0.05) is 57.0 Å². The van der Waals surface area contributed by atoms with Crippen LogP contribution in [0.4, 0.5) is 11.8 Å². The molecule has 26 heavy (non-hydrogen) atoms. The van der Waals surface area contributed by atoms with Crippen molar-refractivity contribution in [3.05, 3.63) is 36.4 Å². The molecule has 1 aliphatic heterocycles. The van der Waals surface area contributed by atoms with E-state index in [0.717, 1.165) is 62.3 Å². The summed E-state index contributed by atoms with van der Waals surface area (Å²) in [4.78, 5) is 14.5. The third kappa shape index (κ3) is 4.94. The Kier molecular flexibility index (Phi) is 6.83. The Hall–Kier alpha value is -2.14. The van der Waals surface area contributed by atoms with E-state index in [2.05, 4.69) is 59.3 Å². The van der Waals surface area contributed by atoms with Crippen LogP contribution < -0.4 is 10.2 Å². The second-order valence-electron chi connectivity index (χ2n) is 6.86. The van der Waals surface area contributed by atoms with Gasteiger partial charge in [0.2, 0.25) is 5.95 Å². The fraction of sp³-hybridized carbons (Fsp3) is 0.524. The van der Waals surface area contributed by atoms with E-state index in [1.165, 1.54) is 19.3 Å². The van der Waals surface area contributed by atoms with Gasteiger partial charge >= 0.3 is 0 Å². The van der Waals surface area contributed by atoms with Crippen LogP contribution in [0.5, 0.6) is 0 Å². The zero-order valence-corrected chi connectivity index (χ0v) is 16.1. The molecule has 5 heteroatoms. The molecule has 1 aromatic carbocycles. The van der Waals surface area contributed by atoms with Crippen LogP contribution in [0.3, 0.4) is 0 Å². The highest BCUT2D eigenvalue weighted by Crippen LogP contribution is 2.23. The molecular formula is C21H31N5. The van der Waals surface area contributed by atoms with Crippen molar-refractivity contribution in [2.24, 2.45) is 0 Å². The van der Waals surface area contributed by atoms with E-state index in [1.807, 2.05) is 6.07 Å². The van der Waals surface area contributed by atoms with Gasteiger partial charge in [0.15, 0.2) is 0 Å². The molecule has 1 aliphatic rings. The SMILES string of the molecule is CCCCCNc1cc(-c2ccccc2)nc(N2CCN(CC)CC2)n1. The third-order valence-electron chi connectivity index (χ3n) is 4.97. The quantitative estimate of drug-likeness (QED) is 0.730. The molecule has 0 atom stereocenters. The maximum Gasteiger partial charge on any atom is 0.227 e. The zero-order valence-electron chi connectivity index (χ0n) is 16.1. The summed E-state index contributed by atoms with van der Waals surface area (Å²) < 4.78 is 0. The standard InChI is InChI=1S/C21H31N5/c1-3-5-9-12-22-20-17-19(18-10-7-6-8-11-18)23-21(24-20)26-15-13-25(4-2)14-16-26/h6-8,10-11,17H,3-5,9,12-16H2,1-2H3,(H,22,23,24). The van der Waals surface area contributed by atoms with Gasteiger partial charge in [-0.3, -0.25) is 0 Å². The number of rotatable bonds is 8. The second kappa shape index (κ2) is 9.53. The molecule has 0 aliphatic carbocycles. The summed E-state index contributed by atoms with van der Waals surface area (Å²) in [6, 6.07) is 12.5. The Labute approximate surface area is 157 Å². The van der Waals surface area contributed by atoms with Gasteiger partial charge in [0, 0.05) is 44.4 Å². The Morgan fingerprint density at radius 3 is 2.42 bits per heavy atom. The molecule has 0 unspecified atom stereocenters. The molecule has 0 spiro atoms. The van der Waals surface area contributed by atoms with Crippen molar-refractivity contribution in [2.45, 2.75) is 33.1 Å².